The lowest BCUT2D eigenvalue weighted by Crippen LogP contribution is -2.30. The summed E-state index contributed by atoms with van der Waals surface area (Å²) in [7, 11) is 0. The average Bonchev–Trinajstić information content (AvgIpc) is 3.36. The highest BCUT2D eigenvalue weighted by molar-refractivity contribution is 5.89. The number of carboxylic acid groups (broad SMARTS) is 1. The van der Waals surface area contributed by atoms with E-state index in [9.17, 15) is 9.90 Å². The summed E-state index contributed by atoms with van der Waals surface area (Å²) in [4.78, 5) is 10.4. The average molecular weight is 565 g/mol. The van der Waals surface area contributed by atoms with Crippen LogP contribution >= 0.6 is 0 Å². The molecular weight excluding hydrogens is 524 g/mol. The first-order valence-electron chi connectivity index (χ1n) is 13.8. The molecule has 0 unspecified atom stereocenters. The van der Waals surface area contributed by atoms with Crippen LogP contribution in [-0.4, -0.2) is 20.7 Å². The second-order valence-electron chi connectivity index (χ2n) is 10.7. The predicted molar refractivity (Wildman–Crippen MR) is 166 cm³/mol. The van der Waals surface area contributed by atoms with Crippen LogP contribution in [0.5, 0.6) is 11.5 Å². The highest BCUT2D eigenvalue weighted by Crippen LogP contribution is 2.22. The maximum atomic E-state index is 10.9. The fourth-order valence-electron chi connectivity index (χ4n) is 5.19. The van der Waals surface area contributed by atoms with Crippen LogP contribution in [0.4, 0.5) is 0 Å². The number of phenolic OH excluding ortho intramolecular Hbond substituents is 1. The van der Waals surface area contributed by atoms with Gasteiger partial charge in [0, 0.05) is 0 Å². The molecule has 0 aliphatic carbocycles. The van der Waals surface area contributed by atoms with Crippen molar-refractivity contribution in [3.05, 3.63) is 136 Å². The Hall–Kier alpha value is -4.84. The monoisotopic (exact) mass is 564 g/mol. The second kappa shape index (κ2) is 13.7. The van der Waals surface area contributed by atoms with Gasteiger partial charge in [-0.1, -0.05) is 65.7 Å². The first-order valence-corrected chi connectivity index (χ1v) is 13.8. The van der Waals surface area contributed by atoms with Crippen LogP contribution in [0.1, 0.15) is 54.9 Å². The van der Waals surface area contributed by atoms with Crippen molar-refractivity contribution in [2.75, 3.05) is 0 Å². The molecule has 2 N–H and O–H groups in total. The standard InChI is InChI=1S/C21H25N2.C8H8O3.C7H8O/c1-14-9-16(3)20(17(4)10-14)22-7-8-23(13-22)21-18(5)11-15(2)12-19(21)6;1-5-6(8(10)11)3-2-4-7(5)9;1-6-4-2-3-5-7(6)8/h7-13H,1-6H3;2-4,9H,1H3,(H,10,11);2-5,8H,1H3/q+1;;/p-1. The lowest BCUT2D eigenvalue weighted by molar-refractivity contribution is -0.595. The lowest BCUT2D eigenvalue weighted by Gasteiger charge is -2.10. The van der Waals surface area contributed by atoms with Crippen LogP contribution in [0.3, 0.4) is 0 Å². The summed E-state index contributed by atoms with van der Waals surface area (Å²) in [5.74, 6) is -0.919. The van der Waals surface area contributed by atoms with Gasteiger partial charge in [-0.3, -0.25) is 0 Å². The number of aryl methyl sites for hydroxylation is 7. The van der Waals surface area contributed by atoms with Crippen molar-refractivity contribution in [2.45, 2.75) is 55.4 Å². The molecular formula is C36H40N2O4. The van der Waals surface area contributed by atoms with Gasteiger partial charge in [0.05, 0.1) is 5.56 Å². The quantitative estimate of drug-likeness (QED) is 0.229. The Labute approximate surface area is 248 Å². The Morgan fingerprint density at radius 2 is 1.29 bits per heavy atom. The van der Waals surface area contributed by atoms with E-state index in [1.807, 2.05) is 25.1 Å². The normalized spacial score (nSPS) is 10.3. The van der Waals surface area contributed by atoms with E-state index >= 15 is 0 Å². The van der Waals surface area contributed by atoms with E-state index in [-0.39, 0.29) is 11.3 Å². The van der Waals surface area contributed by atoms with Crippen LogP contribution in [0.2, 0.25) is 0 Å². The molecule has 0 radical (unpaired) electrons. The molecule has 0 atom stereocenters. The minimum Gasteiger partial charge on any atom is -0.872 e. The number of carbonyl (C=O) groups is 1. The number of nitrogens with zero attached hydrogens (tertiary/aromatic N) is 2. The topological polar surface area (TPSA) is 89.4 Å². The summed E-state index contributed by atoms with van der Waals surface area (Å²) in [6.45, 7) is 16.4. The molecule has 1 aromatic heterocycles. The smallest absolute Gasteiger partial charge is 0.335 e. The fourth-order valence-corrected chi connectivity index (χ4v) is 5.19. The van der Waals surface area contributed by atoms with Gasteiger partial charge in [-0.05, 0) is 101 Å². The number of rotatable bonds is 3. The third kappa shape index (κ3) is 7.67. The van der Waals surface area contributed by atoms with Gasteiger partial charge in [-0.25, -0.2) is 13.9 Å². The summed E-state index contributed by atoms with van der Waals surface area (Å²) < 4.78 is 4.45. The fraction of sp³-hybridized carbons (Fsp3) is 0.222. The zero-order valence-electron chi connectivity index (χ0n) is 25.7. The van der Waals surface area contributed by atoms with Gasteiger partial charge in [0.15, 0.2) is 0 Å². The molecule has 0 saturated heterocycles. The molecule has 0 saturated carbocycles. The van der Waals surface area contributed by atoms with Crippen LogP contribution in [0.15, 0.2) is 85.5 Å². The molecule has 5 rings (SSSR count). The summed E-state index contributed by atoms with van der Waals surface area (Å²) in [6, 6.07) is 20.4. The maximum absolute atomic E-state index is 10.9. The molecule has 6 nitrogen and oxygen atoms in total. The maximum Gasteiger partial charge on any atom is 0.335 e. The Morgan fingerprint density at radius 1 is 0.738 bits per heavy atom. The third-order valence-electron chi connectivity index (χ3n) is 7.05. The molecule has 0 fully saturated rings. The summed E-state index contributed by atoms with van der Waals surface area (Å²) in [6.07, 6.45) is 6.46. The van der Waals surface area contributed by atoms with Gasteiger partial charge in [0.1, 0.15) is 29.5 Å². The minimum absolute atomic E-state index is 0.0810. The molecule has 6 heteroatoms. The highest BCUT2D eigenvalue weighted by atomic mass is 16.4. The van der Waals surface area contributed by atoms with Crippen molar-refractivity contribution in [1.29, 1.82) is 0 Å². The van der Waals surface area contributed by atoms with Crippen molar-refractivity contribution >= 4 is 5.97 Å². The highest BCUT2D eigenvalue weighted by Gasteiger charge is 2.16. The van der Waals surface area contributed by atoms with E-state index in [1.54, 1.807) is 6.07 Å². The zero-order valence-corrected chi connectivity index (χ0v) is 25.7. The number of benzene rings is 4. The molecule has 0 amide bonds. The van der Waals surface area contributed by atoms with Crippen molar-refractivity contribution in [3.63, 3.8) is 0 Å². The van der Waals surface area contributed by atoms with Crippen molar-refractivity contribution in [3.8, 4) is 22.9 Å². The number of aromatic nitrogens is 2. The summed E-state index contributed by atoms with van der Waals surface area (Å²) in [5.41, 5.74) is 11.7. The Balaban J connectivity index is 0.000000210. The molecule has 1 heterocycles. The van der Waals surface area contributed by atoms with Crippen LogP contribution < -0.4 is 9.67 Å². The van der Waals surface area contributed by atoms with Gasteiger partial charge < -0.3 is 15.3 Å². The third-order valence-corrected chi connectivity index (χ3v) is 7.05. The van der Waals surface area contributed by atoms with Gasteiger partial charge in [-0.15, -0.1) is 5.75 Å². The largest absolute Gasteiger partial charge is 0.872 e. The zero-order chi connectivity index (χ0) is 31.1. The van der Waals surface area contributed by atoms with Crippen LogP contribution in [-0.2, 0) is 0 Å². The van der Waals surface area contributed by atoms with Crippen LogP contribution in [0, 0.1) is 55.4 Å². The number of imidazole rings is 1. The van der Waals surface area contributed by atoms with Crippen LogP contribution in [0.25, 0.3) is 11.4 Å². The summed E-state index contributed by atoms with van der Waals surface area (Å²) in [5, 5.41) is 28.4. The Kier molecular flexibility index (Phi) is 10.3. The number of aromatic hydroxyl groups is 1. The molecule has 0 aliphatic rings. The van der Waals surface area contributed by atoms with Gasteiger partial charge in [0.25, 0.3) is 6.33 Å². The molecule has 0 aliphatic heterocycles. The minimum atomic E-state index is -1.06. The van der Waals surface area contributed by atoms with Gasteiger partial charge in [0.2, 0.25) is 0 Å². The second-order valence-corrected chi connectivity index (χ2v) is 10.7. The van der Waals surface area contributed by atoms with E-state index in [0.717, 1.165) is 5.56 Å². The van der Waals surface area contributed by atoms with Gasteiger partial charge in [-0.2, -0.15) is 0 Å². The van der Waals surface area contributed by atoms with E-state index in [1.165, 1.54) is 69.9 Å². The molecule has 4 aromatic carbocycles. The van der Waals surface area contributed by atoms with Crippen molar-refractivity contribution in [2.24, 2.45) is 0 Å². The van der Waals surface area contributed by atoms with E-state index < -0.39 is 5.97 Å². The number of hydrogen-bond acceptors (Lipinski definition) is 3. The van der Waals surface area contributed by atoms with E-state index in [4.69, 9.17) is 10.2 Å². The van der Waals surface area contributed by atoms with Gasteiger partial charge >= 0.3 is 5.97 Å². The van der Waals surface area contributed by atoms with Crippen molar-refractivity contribution in [1.82, 2.24) is 4.57 Å². The van der Waals surface area contributed by atoms with Crippen molar-refractivity contribution < 1.29 is 24.7 Å². The SMILES string of the molecule is Cc1c([O-])cccc1C(=O)O.Cc1cc(C)c(-n2cc[n+](-c3c(C)cc(C)cc3C)c2)c(C)c1.Cc1ccccc1O. The van der Waals surface area contributed by atoms with E-state index in [2.05, 4.69) is 93.7 Å². The Morgan fingerprint density at radius 3 is 1.76 bits per heavy atom. The number of carboxylic acids is 1. The number of hydrogen-bond donors (Lipinski definition) is 2. The summed E-state index contributed by atoms with van der Waals surface area (Å²) >= 11 is 0. The van der Waals surface area contributed by atoms with E-state index in [0.29, 0.717) is 11.3 Å². The number of phenols is 1. The number of para-hydroxylation sites is 1. The molecule has 0 bridgehead atoms. The first kappa shape index (κ1) is 31.7. The lowest BCUT2D eigenvalue weighted by atomic mass is 10.0. The molecule has 0 spiro atoms. The Bertz CT molecular complexity index is 1580. The molecule has 42 heavy (non-hydrogen) atoms. The predicted octanol–water partition coefficient (Wildman–Crippen LogP) is 7.07. The molecule has 218 valence electrons. The first-order chi connectivity index (χ1) is 19.8. The number of aromatic carboxylic acids is 1. The molecule has 5 aromatic rings.